The third-order valence-corrected chi connectivity index (χ3v) is 6.11. The zero-order valence-electron chi connectivity index (χ0n) is 18.4. The van der Waals surface area contributed by atoms with Crippen LogP contribution >= 0.6 is 0 Å². The molecule has 2 heterocycles. The molecule has 2 N–H and O–H groups in total. The summed E-state index contributed by atoms with van der Waals surface area (Å²) in [6, 6.07) is 21.9. The van der Waals surface area contributed by atoms with Crippen molar-refractivity contribution in [3.8, 4) is 11.1 Å². The van der Waals surface area contributed by atoms with Crippen LogP contribution in [0.1, 0.15) is 17.2 Å². The molecule has 4 aromatic rings. The number of nitrogens with one attached hydrogen (secondary N) is 1. The van der Waals surface area contributed by atoms with E-state index in [1.165, 1.54) is 11.0 Å². The maximum Gasteiger partial charge on any atom is 0.414 e. The quantitative estimate of drug-likeness (QED) is 0.416. The molecule has 0 radical (unpaired) electrons. The third-order valence-electron chi connectivity index (χ3n) is 6.11. The molecular weight excluding hydrogens is 433 g/mol. The van der Waals surface area contributed by atoms with E-state index >= 15 is 0 Å². The molecule has 0 bridgehead atoms. The minimum Gasteiger partial charge on any atom is -0.447 e. The lowest BCUT2D eigenvalue weighted by Gasteiger charge is -2.18. The number of amides is 1. The molecule has 1 atom stereocenters. The van der Waals surface area contributed by atoms with E-state index < -0.39 is 11.9 Å². The molecule has 1 aromatic heterocycles. The highest BCUT2D eigenvalue weighted by Gasteiger charge is 2.24. The fourth-order valence-electron chi connectivity index (χ4n) is 4.26. The predicted octanol–water partition coefficient (Wildman–Crippen LogP) is 4.82. The number of benzene rings is 3. The smallest absolute Gasteiger partial charge is 0.414 e. The number of aliphatic hydroxyl groups is 1. The molecule has 1 unspecified atom stereocenters. The number of fused-ring (bicyclic) bond motifs is 1. The topological polar surface area (TPSA) is 74.7 Å². The van der Waals surface area contributed by atoms with Gasteiger partial charge in [0.05, 0.1) is 30.4 Å². The molecule has 7 heteroatoms. The maximum atomic E-state index is 14.8. The first-order valence-corrected chi connectivity index (χ1v) is 11.1. The van der Waals surface area contributed by atoms with Crippen molar-refractivity contribution >= 4 is 22.7 Å². The Morgan fingerprint density at radius 2 is 1.91 bits per heavy atom. The number of hydrogen-bond donors (Lipinski definition) is 2. The van der Waals surface area contributed by atoms with Gasteiger partial charge in [-0.15, -0.1) is 0 Å². The van der Waals surface area contributed by atoms with Crippen LogP contribution in [0.2, 0.25) is 0 Å². The summed E-state index contributed by atoms with van der Waals surface area (Å²) in [5, 5.41) is 14.5. The van der Waals surface area contributed by atoms with Crippen LogP contribution in [-0.4, -0.2) is 35.9 Å². The molecule has 1 fully saturated rings. The Morgan fingerprint density at radius 3 is 2.65 bits per heavy atom. The van der Waals surface area contributed by atoms with E-state index in [0.29, 0.717) is 36.5 Å². The van der Waals surface area contributed by atoms with E-state index in [9.17, 15) is 14.3 Å². The van der Waals surface area contributed by atoms with E-state index in [1.54, 1.807) is 18.3 Å². The Hall–Kier alpha value is -3.81. The monoisotopic (exact) mass is 457 g/mol. The molecule has 5 rings (SSSR count). The number of halogens is 1. The molecule has 1 aliphatic heterocycles. The number of carbonyl (C=O) groups is 1. The summed E-state index contributed by atoms with van der Waals surface area (Å²) in [6.45, 7) is 1.22. The Kier molecular flexibility index (Phi) is 6.20. The van der Waals surface area contributed by atoms with Gasteiger partial charge in [-0.25, -0.2) is 9.18 Å². The van der Waals surface area contributed by atoms with Crippen molar-refractivity contribution in [3.05, 3.63) is 95.9 Å². The lowest BCUT2D eigenvalue weighted by molar-refractivity contribution is 0.181. The first kappa shape index (κ1) is 22.0. The number of aromatic nitrogens is 1. The Bertz CT molecular complexity index is 1320. The zero-order valence-corrected chi connectivity index (χ0v) is 18.4. The van der Waals surface area contributed by atoms with Crippen LogP contribution in [-0.2, 0) is 11.3 Å². The van der Waals surface area contributed by atoms with Gasteiger partial charge in [0.25, 0.3) is 0 Å². The Labute approximate surface area is 196 Å². The van der Waals surface area contributed by atoms with E-state index in [0.717, 1.165) is 22.0 Å². The minimum atomic E-state index is -0.459. The highest BCUT2D eigenvalue weighted by molar-refractivity contribution is 5.89. The van der Waals surface area contributed by atoms with Crippen LogP contribution in [0.5, 0.6) is 0 Å². The third kappa shape index (κ3) is 4.35. The number of nitrogens with zero attached hydrogens (tertiary/aromatic N) is 2. The molecular formula is C27H24FN3O3. The number of anilines is 1. The van der Waals surface area contributed by atoms with Crippen molar-refractivity contribution < 1.29 is 19.0 Å². The standard InChI is InChI=1S/C27H24FN3O3/c28-24-15-21(31-13-14-34-27(31)33)9-10-22(24)18-5-7-19(8-6-18)26(17-32)30-16-20-11-12-29-25-4-2-1-3-23(20)25/h1-12,15,26,30,32H,13-14,16-17H2. The lowest BCUT2D eigenvalue weighted by Crippen LogP contribution is -2.24. The van der Waals surface area contributed by atoms with E-state index in [2.05, 4.69) is 10.3 Å². The highest BCUT2D eigenvalue weighted by Crippen LogP contribution is 2.29. The number of cyclic esters (lactones) is 1. The SMILES string of the molecule is O=C1OCCN1c1ccc(-c2ccc(C(CO)NCc3ccnc4ccccc34)cc2)c(F)c1. The number of pyridine rings is 1. The molecule has 172 valence electrons. The molecule has 6 nitrogen and oxygen atoms in total. The van der Waals surface area contributed by atoms with Crippen LogP contribution in [0.25, 0.3) is 22.0 Å². The molecule has 1 saturated heterocycles. The summed E-state index contributed by atoms with van der Waals surface area (Å²) < 4.78 is 19.8. The Morgan fingerprint density at radius 1 is 1.09 bits per heavy atom. The second-order valence-electron chi connectivity index (χ2n) is 8.16. The van der Waals surface area contributed by atoms with Gasteiger partial charge >= 0.3 is 6.09 Å². The van der Waals surface area contributed by atoms with Gasteiger partial charge in [0.1, 0.15) is 12.4 Å². The van der Waals surface area contributed by atoms with Gasteiger partial charge in [0.2, 0.25) is 0 Å². The lowest BCUT2D eigenvalue weighted by atomic mass is 10.00. The zero-order chi connectivity index (χ0) is 23.5. The summed E-state index contributed by atoms with van der Waals surface area (Å²) in [7, 11) is 0. The van der Waals surface area contributed by atoms with Crippen molar-refractivity contribution in [2.24, 2.45) is 0 Å². The molecule has 0 aliphatic carbocycles. The molecule has 1 aliphatic rings. The Balaban J connectivity index is 1.31. The second kappa shape index (κ2) is 9.59. The molecule has 0 spiro atoms. The number of carbonyl (C=O) groups excluding carboxylic acids is 1. The molecule has 0 saturated carbocycles. The highest BCUT2D eigenvalue weighted by atomic mass is 19.1. The van der Waals surface area contributed by atoms with Crippen LogP contribution < -0.4 is 10.2 Å². The van der Waals surface area contributed by atoms with Gasteiger partial charge < -0.3 is 15.2 Å². The van der Waals surface area contributed by atoms with Gasteiger partial charge in [0, 0.05) is 23.7 Å². The minimum absolute atomic E-state index is 0.0721. The van der Waals surface area contributed by atoms with E-state index in [-0.39, 0.29) is 12.6 Å². The van der Waals surface area contributed by atoms with Crippen molar-refractivity contribution in [1.29, 1.82) is 0 Å². The van der Waals surface area contributed by atoms with Crippen molar-refractivity contribution in [3.63, 3.8) is 0 Å². The molecule has 3 aromatic carbocycles. The van der Waals surface area contributed by atoms with E-state index in [4.69, 9.17) is 4.74 Å². The fraction of sp³-hybridized carbons (Fsp3) is 0.185. The number of hydrogen-bond acceptors (Lipinski definition) is 5. The normalized spacial score (nSPS) is 14.4. The number of rotatable bonds is 7. The van der Waals surface area contributed by atoms with Gasteiger partial charge in [0.15, 0.2) is 0 Å². The van der Waals surface area contributed by atoms with Gasteiger partial charge in [-0.2, -0.15) is 0 Å². The predicted molar refractivity (Wildman–Crippen MR) is 129 cm³/mol. The van der Waals surface area contributed by atoms with Crippen LogP contribution in [0, 0.1) is 5.82 Å². The maximum absolute atomic E-state index is 14.8. The summed E-state index contributed by atoms with van der Waals surface area (Å²) in [5.41, 5.74) is 4.58. The van der Waals surface area contributed by atoms with Crippen molar-refractivity contribution in [1.82, 2.24) is 10.3 Å². The average molecular weight is 458 g/mol. The number of aliphatic hydroxyl groups excluding tert-OH is 1. The number of para-hydroxylation sites is 1. The van der Waals surface area contributed by atoms with Crippen LogP contribution in [0.3, 0.4) is 0 Å². The summed E-state index contributed by atoms with van der Waals surface area (Å²) in [6.07, 6.45) is 1.33. The first-order valence-electron chi connectivity index (χ1n) is 11.1. The summed E-state index contributed by atoms with van der Waals surface area (Å²) in [5.74, 6) is -0.411. The fourth-order valence-corrected chi connectivity index (χ4v) is 4.26. The molecule has 1 amide bonds. The van der Waals surface area contributed by atoms with Crippen molar-refractivity contribution in [2.75, 3.05) is 24.7 Å². The molecule has 34 heavy (non-hydrogen) atoms. The van der Waals surface area contributed by atoms with Crippen LogP contribution in [0.15, 0.2) is 79.0 Å². The average Bonchev–Trinajstić information content (AvgIpc) is 3.30. The van der Waals surface area contributed by atoms with Crippen LogP contribution in [0.4, 0.5) is 14.9 Å². The number of ether oxygens (including phenoxy) is 1. The van der Waals surface area contributed by atoms with Gasteiger partial charge in [-0.1, -0.05) is 42.5 Å². The van der Waals surface area contributed by atoms with Gasteiger partial charge in [-0.3, -0.25) is 9.88 Å². The largest absolute Gasteiger partial charge is 0.447 e. The van der Waals surface area contributed by atoms with Crippen molar-refractivity contribution in [2.45, 2.75) is 12.6 Å². The van der Waals surface area contributed by atoms with E-state index in [1.807, 2.05) is 54.6 Å². The summed E-state index contributed by atoms with van der Waals surface area (Å²) >= 11 is 0. The first-order chi connectivity index (χ1) is 16.6. The summed E-state index contributed by atoms with van der Waals surface area (Å²) in [4.78, 5) is 17.5. The second-order valence-corrected chi connectivity index (χ2v) is 8.16. The van der Waals surface area contributed by atoms with Gasteiger partial charge in [-0.05, 0) is 47.0 Å².